The SMILES string of the molecule is Cc1cc(CN2CCN(C(=O)C(C)C3CNC3)CC2)on1. The van der Waals surface area contributed by atoms with Gasteiger partial charge in [0.1, 0.15) is 0 Å². The number of hydrogen-bond donors (Lipinski definition) is 1. The van der Waals surface area contributed by atoms with Crippen LogP contribution >= 0.6 is 0 Å². The Kier molecular flexibility index (Phi) is 4.26. The molecule has 0 aliphatic carbocycles. The van der Waals surface area contributed by atoms with Gasteiger partial charge in [0.25, 0.3) is 0 Å². The van der Waals surface area contributed by atoms with Crippen molar-refractivity contribution in [3.63, 3.8) is 0 Å². The van der Waals surface area contributed by atoms with E-state index in [1.54, 1.807) is 0 Å². The Labute approximate surface area is 125 Å². The number of amides is 1. The number of carbonyl (C=O) groups excluding carboxylic acids is 1. The van der Waals surface area contributed by atoms with E-state index >= 15 is 0 Å². The zero-order chi connectivity index (χ0) is 14.8. The van der Waals surface area contributed by atoms with Gasteiger partial charge in [0.15, 0.2) is 5.76 Å². The zero-order valence-corrected chi connectivity index (χ0v) is 12.8. The second-order valence-corrected chi connectivity index (χ2v) is 6.24. The molecule has 2 aliphatic rings. The van der Waals surface area contributed by atoms with Crippen LogP contribution in [0, 0.1) is 18.8 Å². The van der Waals surface area contributed by atoms with Crippen molar-refractivity contribution in [2.45, 2.75) is 20.4 Å². The van der Waals surface area contributed by atoms with Gasteiger partial charge in [-0.1, -0.05) is 12.1 Å². The molecule has 0 radical (unpaired) electrons. The molecule has 1 N–H and O–H groups in total. The Morgan fingerprint density at radius 3 is 2.67 bits per heavy atom. The fraction of sp³-hybridized carbons (Fsp3) is 0.733. The molecular formula is C15H24N4O2. The van der Waals surface area contributed by atoms with Crippen LogP contribution in [-0.4, -0.2) is 60.1 Å². The van der Waals surface area contributed by atoms with Gasteiger partial charge in [-0.2, -0.15) is 0 Å². The number of piperazine rings is 1. The average molecular weight is 292 g/mol. The van der Waals surface area contributed by atoms with Gasteiger partial charge in [0.2, 0.25) is 5.91 Å². The van der Waals surface area contributed by atoms with E-state index in [9.17, 15) is 4.79 Å². The first-order chi connectivity index (χ1) is 10.1. The van der Waals surface area contributed by atoms with Crippen molar-refractivity contribution >= 4 is 5.91 Å². The Morgan fingerprint density at radius 1 is 1.43 bits per heavy atom. The monoisotopic (exact) mass is 292 g/mol. The molecule has 21 heavy (non-hydrogen) atoms. The summed E-state index contributed by atoms with van der Waals surface area (Å²) in [4.78, 5) is 16.8. The first kappa shape index (κ1) is 14.5. The fourth-order valence-electron chi connectivity index (χ4n) is 2.99. The topological polar surface area (TPSA) is 61.6 Å². The standard InChI is InChI=1S/C15H24N4O2/c1-11-7-14(21-17-11)10-18-3-5-19(6-4-18)15(20)12(2)13-8-16-9-13/h7,12-13,16H,3-6,8-10H2,1-2H3. The van der Waals surface area contributed by atoms with E-state index in [1.807, 2.05) is 17.9 Å². The molecule has 2 aliphatic heterocycles. The molecule has 1 aromatic rings. The molecule has 0 spiro atoms. The molecule has 1 atom stereocenters. The van der Waals surface area contributed by atoms with Crippen molar-refractivity contribution in [1.29, 1.82) is 0 Å². The van der Waals surface area contributed by atoms with Crippen molar-refractivity contribution in [2.75, 3.05) is 39.3 Å². The van der Waals surface area contributed by atoms with Crippen LogP contribution in [0.25, 0.3) is 0 Å². The Bertz CT molecular complexity index is 490. The quantitative estimate of drug-likeness (QED) is 0.875. The summed E-state index contributed by atoms with van der Waals surface area (Å²) in [5.74, 6) is 1.89. The number of nitrogens with one attached hydrogen (secondary N) is 1. The molecule has 2 saturated heterocycles. The number of nitrogens with zero attached hydrogens (tertiary/aromatic N) is 3. The lowest BCUT2D eigenvalue weighted by molar-refractivity contribution is -0.139. The molecule has 1 amide bonds. The molecule has 0 aromatic carbocycles. The Balaban J connectivity index is 1.47. The van der Waals surface area contributed by atoms with Gasteiger partial charge in [-0.05, 0) is 25.9 Å². The smallest absolute Gasteiger partial charge is 0.225 e. The van der Waals surface area contributed by atoms with Crippen LogP contribution in [-0.2, 0) is 11.3 Å². The van der Waals surface area contributed by atoms with E-state index in [4.69, 9.17) is 4.52 Å². The highest BCUT2D eigenvalue weighted by atomic mass is 16.5. The van der Waals surface area contributed by atoms with Crippen LogP contribution in [0.3, 0.4) is 0 Å². The minimum Gasteiger partial charge on any atom is -0.360 e. The molecule has 0 saturated carbocycles. The van der Waals surface area contributed by atoms with Crippen molar-refractivity contribution in [3.8, 4) is 0 Å². The maximum absolute atomic E-state index is 12.5. The van der Waals surface area contributed by atoms with Crippen LogP contribution < -0.4 is 5.32 Å². The summed E-state index contributed by atoms with van der Waals surface area (Å²) in [5.41, 5.74) is 0.918. The lowest BCUT2D eigenvalue weighted by Gasteiger charge is -2.39. The molecular weight excluding hydrogens is 268 g/mol. The minimum absolute atomic E-state index is 0.148. The fourth-order valence-corrected chi connectivity index (χ4v) is 2.99. The third-order valence-electron chi connectivity index (χ3n) is 4.65. The normalized spacial score (nSPS) is 22.1. The second kappa shape index (κ2) is 6.15. The average Bonchev–Trinajstić information content (AvgIpc) is 2.82. The highest BCUT2D eigenvalue weighted by Crippen LogP contribution is 2.19. The molecule has 116 valence electrons. The summed E-state index contributed by atoms with van der Waals surface area (Å²) in [5, 5.41) is 7.15. The van der Waals surface area contributed by atoms with E-state index in [1.165, 1.54) is 0 Å². The van der Waals surface area contributed by atoms with E-state index < -0.39 is 0 Å². The molecule has 0 bridgehead atoms. The van der Waals surface area contributed by atoms with E-state index in [2.05, 4.69) is 22.3 Å². The van der Waals surface area contributed by atoms with E-state index in [0.717, 1.165) is 57.3 Å². The molecule has 3 rings (SSSR count). The van der Waals surface area contributed by atoms with Crippen LogP contribution in [0.4, 0.5) is 0 Å². The highest BCUT2D eigenvalue weighted by molar-refractivity contribution is 5.79. The molecule has 2 fully saturated rings. The third-order valence-corrected chi connectivity index (χ3v) is 4.65. The first-order valence-electron chi connectivity index (χ1n) is 7.77. The Morgan fingerprint density at radius 2 is 2.14 bits per heavy atom. The van der Waals surface area contributed by atoms with E-state index in [-0.39, 0.29) is 5.92 Å². The van der Waals surface area contributed by atoms with Gasteiger partial charge in [0.05, 0.1) is 12.2 Å². The largest absolute Gasteiger partial charge is 0.360 e. The summed E-state index contributed by atoms with van der Waals surface area (Å²) in [6, 6.07) is 1.98. The zero-order valence-electron chi connectivity index (χ0n) is 12.8. The lowest BCUT2D eigenvalue weighted by Crippen LogP contribution is -2.54. The summed E-state index contributed by atoms with van der Waals surface area (Å²) in [6.45, 7) is 10.2. The molecule has 6 nitrogen and oxygen atoms in total. The van der Waals surface area contributed by atoms with Crippen LogP contribution in [0.1, 0.15) is 18.4 Å². The summed E-state index contributed by atoms with van der Waals surface area (Å²) < 4.78 is 5.25. The van der Waals surface area contributed by atoms with Crippen molar-refractivity contribution in [2.24, 2.45) is 11.8 Å². The third kappa shape index (κ3) is 3.27. The number of carbonyl (C=O) groups is 1. The van der Waals surface area contributed by atoms with Gasteiger partial charge in [0, 0.05) is 38.2 Å². The van der Waals surface area contributed by atoms with Crippen LogP contribution in [0.5, 0.6) is 0 Å². The second-order valence-electron chi connectivity index (χ2n) is 6.24. The molecule has 6 heteroatoms. The molecule has 3 heterocycles. The number of aryl methyl sites for hydroxylation is 1. The maximum Gasteiger partial charge on any atom is 0.225 e. The lowest BCUT2D eigenvalue weighted by atomic mass is 9.88. The molecule has 1 unspecified atom stereocenters. The minimum atomic E-state index is 0.148. The Hall–Kier alpha value is -1.40. The van der Waals surface area contributed by atoms with Gasteiger partial charge in [-0.25, -0.2) is 0 Å². The summed E-state index contributed by atoms with van der Waals surface area (Å²) in [6.07, 6.45) is 0. The van der Waals surface area contributed by atoms with Gasteiger partial charge in [-0.3, -0.25) is 9.69 Å². The van der Waals surface area contributed by atoms with Gasteiger partial charge >= 0.3 is 0 Å². The van der Waals surface area contributed by atoms with Gasteiger partial charge in [-0.15, -0.1) is 0 Å². The number of rotatable bonds is 4. The van der Waals surface area contributed by atoms with Gasteiger partial charge < -0.3 is 14.7 Å². The molecule has 1 aromatic heterocycles. The summed E-state index contributed by atoms with van der Waals surface area (Å²) in [7, 11) is 0. The number of hydrogen-bond acceptors (Lipinski definition) is 5. The number of aromatic nitrogens is 1. The highest BCUT2D eigenvalue weighted by Gasteiger charge is 2.32. The van der Waals surface area contributed by atoms with Crippen LogP contribution in [0.2, 0.25) is 0 Å². The van der Waals surface area contributed by atoms with Crippen molar-refractivity contribution in [3.05, 3.63) is 17.5 Å². The van der Waals surface area contributed by atoms with E-state index in [0.29, 0.717) is 11.8 Å². The predicted octanol–water partition coefficient (Wildman–Crippen LogP) is 0.483. The van der Waals surface area contributed by atoms with Crippen molar-refractivity contribution in [1.82, 2.24) is 20.3 Å². The van der Waals surface area contributed by atoms with Crippen LogP contribution in [0.15, 0.2) is 10.6 Å². The first-order valence-corrected chi connectivity index (χ1v) is 7.77. The van der Waals surface area contributed by atoms with Crippen molar-refractivity contribution < 1.29 is 9.32 Å². The summed E-state index contributed by atoms with van der Waals surface area (Å²) >= 11 is 0. The maximum atomic E-state index is 12.5. The predicted molar refractivity (Wildman–Crippen MR) is 78.6 cm³/mol.